The standard InChI is InChI=1S/C25H22ClN3O2S/c1-31-17-16-29-22(18-8-4-2-5-9-18)24(28-23(30)19-12-14-20(26)15-13-19)32-25(29)27-21-10-6-3-7-11-21/h2-15H,16-17H2,1H3,(H,28,30). The molecule has 0 fully saturated rings. The van der Waals surface area contributed by atoms with Crippen molar-refractivity contribution in [2.45, 2.75) is 6.54 Å². The first kappa shape index (κ1) is 22.0. The van der Waals surface area contributed by atoms with Crippen molar-refractivity contribution >= 4 is 39.5 Å². The zero-order valence-electron chi connectivity index (χ0n) is 17.5. The molecule has 0 saturated carbocycles. The van der Waals surface area contributed by atoms with Crippen LogP contribution in [0.3, 0.4) is 0 Å². The molecule has 7 heteroatoms. The van der Waals surface area contributed by atoms with Crippen LogP contribution in [-0.4, -0.2) is 24.2 Å². The number of carbonyl (C=O) groups is 1. The number of halogens is 1. The lowest BCUT2D eigenvalue weighted by Crippen LogP contribution is -2.19. The van der Waals surface area contributed by atoms with Crippen molar-refractivity contribution in [3.8, 4) is 11.3 Å². The number of benzene rings is 3. The first-order valence-corrected chi connectivity index (χ1v) is 11.3. The van der Waals surface area contributed by atoms with E-state index in [9.17, 15) is 4.79 Å². The number of aromatic nitrogens is 1. The normalized spacial score (nSPS) is 11.5. The zero-order chi connectivity index (χ0) is 22.3. The number of hydrogen-bond donors (Lipinski definition) is 1. The van der Waals surface area contributed by atoms with E-state index in [0.29, 0.717) is 23.7 Å². The predicted molar refractivity (Wildman–Crippen MR) is 131 cm³/mol. The van der Waals surface area contributed by atoms with Gasteiger partial charge in [-0.05, 0) is 36.4 Å². The SMILES string of the molecule is COCCn1c(-c2ccccc2)c(NC(=O)c2ccc(Cl)cc2)sc1=Nc1ccccc1. The average Bonchev–Trinajstić information content (AvgIpc) is 3.15. The van der Waals surface area contributed by atoms with Gasteiger partial charge in [0.05, 0.1) is 18.0 Å². The fourth-order valence-electron chi connectivity index (χ4n) is 3.24. The number of nitrogens with one attached hydrogen (secondary N) is 1. The molecule has 32 heavy (non-hydrogen) atoms. The highest BCUT2D eigenvalue weighted by atomic mass is 35.5. The number of anilines is 1. The lowest BCUT2D eigenvalue weighted by atomic mass is 10.1. The Morgan fingerprint density at radius 1 is 1.00 bits per heavy atom. The minimum absolute atomic E-state index is 0.203. The number of amides is 1. The summed E-state index contributed by atoms with van der Waals surface area (Å²) in [6.07, 6.45) is 0. The van der Waals surface area contributed by atoms with E-state index in [4.69, 9.17) is 21.3 Å². The summed E-state index contributed by atoms with van der Waals surface area (Å²) in [6, 6.07) is 26.6. The Bertz CT molecular complexity index is 1250. The van der Waals surface area contributed by atoms with Gasteiger partial charge < -0.3 is 14.6 Å². The molecule has 1 amide bonds. The second-order valence-corrected chi connectivity index (χ2v) is 8.40. The maximum Gasteiger partial charge on any atom is 0.256 e. The quantitative estimate of drug-likeness (QED) is 0.365. The van der Waals surface area contributed by atoms with Crippen LogP contribution in [0.15, 0.2) is 89.9 Å². The Balaban J connectivity index is 1.84. The lowest BCUT2D eigenvalue weighted by Gasteiger charge is -2.11. The summed E-state index contributed by atoms with van der Waals surface area (Å²) in [5.41, 5.74) is 3.26. The van der Waals surface area contributed by atoms with Gasteiger partial charge in [0, 0.05) is 29.8 Å². The molecule has 0 aliphatic rings. The molecule has 0 aliphatic heterocycles. The topological polar surface area (TPSA) is 55.6 Å². The van der Waals surface area contributed by atoms with Gasteiger partial charge in [0.1, 0.15) is 5.00 Å². The minimum Gasteiger partial charge on any atom is -0.383 e. The molecule has 0 atom stereocenters. The Labute approximate surface area is 195 Å². The average molecular weight is 464 g/mol. The molecule has 0 aliphatic carbocycles. The van der Waals surface area contributed by atoms with Crippen LogP contribution in [0.4, 0.5) is 10.7 Å². The summed E-state index contributed by atoms with van der Waals surface area (Å²) in [7, 11) is 1.67. The van der Waals surface area contributed by atoms with E-state index in [1.165, 1.54) is 11.3 Å². The third kappa shape index (κ3) is 5.16. The van der Waals surface area contributed by atoms with Crippen LogP contribution in [0.5, 0.6) is 0 Å². The second kappa shape index (κ2) is 10.4. The van der Waals surface area contributed by atoms with Crippen LogP contribution in [0.2, 0.25) is 5.02 Å². The first-order valence-electron chi connectivity index (χ1n) is 10.1. The van der Waals surface area contributed by atoms with Crippen molar-refractivity contribution in [2.75, 3.05) is 19.0 Å². The maximum atomic E-state index is 13.0. The van der Waals surface area contributed by atoms with Gasteiger partial charge in [-0.25, -0.2) is 4.99 Å². The summed E-state index contributed by atoms with van der Waals surface area (Å²) in [4.78, 5) is 18.6. The van der Waals surface area contributed by atoms with E-state index >= 15 is 0 Å². The highest BCUT2D eigenvalue weighted by Crippen LogP contribution is 2.31. The summed E-state index contributed by atoms with van der Waals surface area (Å²) in [5.74, 6) is -0.203. The number of para-hydroxylation sites is 1. The third-order valence-electron chi connectivity index (χ3n) is 4.79. The predicted octanol–water partition coefficient (Wildman–Crippen LogP) is 6.00. The van der Waals surface area contributed by atoms with Gasteiger partial charge in [0.2, 0.25) is 0 Å². The Hall–Kier alpha value is -3.19. The molecule has 0 spiro atoms. The molecular weight excluding hydrogens is 442 g/mol. The van der Waals surface area contributed by atoms with E-state index in [2.05, 4.69) is 9.88 Å². The number of nitrogens with zero attached hydrogens (tertiary/aromatic N) is 2. The monoisotopic (exact) mass is 463 g/mol. The molecule has 4 aromatic rings. The van der Waals surface area contributed by atoms with Crippen LogP contribution in [-0.2, 0) is 11.3 Å². The third-order valence-corrected chi connectivity index (χ3v) is 6.04. The molecule has 1 N–H and O–H groups in total. The molecule has 1 heterocycles. The number of thiazole rings is 1. The van der Waals surface area contributed by atoms with Gasteiger partial charge >= 0.3 is 0 Å². The molecule has 3 aromatic carbocycles. The molecule has 0 unspecified atom stereocenters. The van der Waals surface area contributed by atoms with E-state index in [1.54, 1.807) is 31.4 Å². The Morgan fingerprint density at radius 3 is 2.31 bits per heavy atom. The van der Waals surface area contributed by atoms with Crippen molar-refractivity contribution in [1.82, 2.24) is 4.57 Å². The van der Waals surface area contributed by atoms with E-state index in [0.717, 1.165) is 26.7 Å². The van der Waals surface area contributed by atoms with Gasteiger partial charge in [-0.15, -0.1) is 0 Å². The zero-order valence-corrected chi connectivity index (χ0v) is 19.1. The summed E-state index contributed by atoms with van der Waals surface area (Å²) >= 11 is 7.41. The van der Waals surface area contributed by atoms with Crippen LogP contribution in [0, 0.1) is 0 Å². The minimum atomic E-state index is -0.203. The maximum absolute atomic E-state index is 13.0. The number of carbonyl (C=O) groups excluding carboxylic acids is 1. The van der Waals surface area contributed by atoms with Crippen LogP contribution in [0.1, 0.15) is 10.4 Å². The van der Waals surface area contributed by atoms with Crippen molar-refractivity contribution in [1.29, 1.82) is 0 Å². The fourth-order valence-corrected chi connectivity index (χ4v) is 4.46. The van der Waals surface area contributed by atoms with Crippen molar-refractivity contribution in [3.63, 3.8) is 0 Å². The summed E-state index contributed by atoms with van der Waals surface area (Å²) < 4.78 is 7.45. The van der Waals surface area contributed by atoms with E-state index < -0.39 is 0 Å². The molecular formula is C25H22ClN3O2S. The highest BCUT2D eigenvalue weighted by Gasteiger charge is 2.18. The van der Waals surface area contributed by atoms with Gasteiger partial charge in [0.25, 0.3) is 5.91 Å². The largest absolute Gasteiger partial charge is 0.383 e. The van der Waals surface area contributed by atoms with Gasteiger partial charge in [-0.1, -0.05) is 71.5 Å². The van der Waals surface area contributed by atoms with E-state index in [-0.39, 0.29) is 5.91 Å². The number of hydrogen-bond acceptors (Lipinski definition) is 4. The summed E-state index contributed by atoms with van der Waals surface area (Å²) in [5, 5.41) is 4.39. The van der Waals surface area contributed by atoms with Crippen molar-refractivity contribution in [3.05, 3.63) is 100 Å². The van der Waals surface area contributed by atoms with Crippen LogP contribution >= 0.6 is 22.9 Å². The van der Waals surface area contributed by atoms with E-state index in [1.807, 2.05) is 60.7 Å². The van der Waals surface area contributed by atoms with Crippen LogP contribution in [0.25, 0.3) is 11.3 Å². The number of ether oxygens (including phenoxy) is 1. The van der Waals surface area contributed by atoms with Gasteiger partial charge in [-0.3, -0.25) is 4.79 Å². The van der Waals surface area contributed by atoms with Crippen molar-refractivity contribution in [2.24, 2.45) is 4.99 Å². The molecule has 162 valence electrons. The molecule has 0 saturated heterocycles. The van der Waals surface area contributed by atoms with Crippen molar-refractivity contribution < 1.29 is 9.53 Å². The molecule has 1 aromatic heterocycles. The van der Waals surface area contributed by atoms with Crippen LogP contribution < -0.4 is 10.1 Å². The fraction of sp³-hybridized carbons (Fsp3) is 0.120. The van der Waals surface area contributed by atoms with Gasteiger partial charge in [0.15, 0.2) is 4.80 Å². The Kier molecular flexibility index (Phi) is 7.17. The molecule has 0 radical (unpaired) electrons. The smallest absolute Gasteiger partial charge is 0.256 e. The second-order valence-electron chi connectivity index (χ2n) is 6.98. The first-order chi connectivity index (χ1) is 15.7. The number of rotatable bonds is 7. The molecule has 4 rings (SSSR count). The molecule has 0 bridgehead atoms. The lowest BCUT2D eigenvalue weighted by molar-refractivity contribution is 0.102. The molecule has 5 nitrogen and oxygen atoms in total. The Morgan fingerprint density at radius 2 is 1.66 bits per heavy atom. The highest BCUT2D eigenvalue weighted by molar-refractivity contribution is 7.14. The van der Waals surface area contributed by atoms with Gasteiger partial charge in [-0.2, -0.15) is 0 Å². The summed E-state index contributed by atoms with van der Waals surface area (Å²) in [6.45, 7) is 1.11. The number of methoxy groups -OCH3 is 1.